The minimum absolute atomic E-state index is 0.256. The van der Waals surface area contributed by atoms with E-state index in [1.807, 2.05) is 110 Å². The van der Waals surface area contributed by atoms with Crippen LogP contribution in [0, 0.1) is 22.7 Å². The molecule has 6 rings (SSSR count). The lowest BCUT2D eigenvalue weighted by Crippen LogP contribution is -2.47. The summed E-state index contributed by atoms with van der Waals surface area (Å²) in [4.78, 5) is 14.7. The number of imidazole rings is 1. The monoisotopic (exact) mass is 518 g/mol. The largest absolute Gasteiger partial charge is 0.331 e. The van der Waals surface area contributed by atoms with Gasteiger partial charge in [-0.3, -0.25) is 9.13 Å². The van der Waals surface area contributed by atoms with Gasteiger partial charge in [-0.1, -0.05) is 103 Å². The van der Waals surface area contributed by atoms with Gasteiger partial charge in [0.1, 0.15) is 0 Å². The molecule has 5 heteroatoms. The number of hydrogen-bond donors (Lipinski definition) is 0. The average Bonchev–Trinajstić information content (AvgIpc) is 3.30. The summed E-state index contributed by atoms with van der Waals surface area (Å²) in [6.45, 7) is 2.22. The molecular weight excluding hydrogens is 492 g/mol. The Morgan fingerprint density at radius 2 is 1.45 bits per heavy atom. The van der Waals surface area contributed by atoms with Crippen LogP contribution in [0.1, 0.15) is 24.5 Å². The Morgan fingerprint density at radius 3 is 2.12 bits per heavy atom. The molecule has 40 heavy (non-hydrogen) atoms. The second-order valence-electron chi connectivity index (χ2n) is 10.0. The summed E-state index contributed by atoms with van der Waals surface area (Å²) in [6.07, 6.45) is 2.43. The number of nitriles is 2. The van der Waals surface area contributed by atoms with E-state index in [4.69, 9.17) is 0 Å². The number of nitrogens with zero attached hydrogens (tertiary/aromatic N) is 4. The maximum absolute atomic E-state index is 14.7. The quantitative estimate of drug-likeness (QED) is 0.322. The van der Waals surface area contributed by atoms with Crippen molar-refractivity contribution in [3.05, 3.63) is 141 Å². The zero-order chi connectivity index (χ0) is 27.7. The molecule has 1 atom stereocenters. The topological polar surface area (TPSA) is 74.5 Å². The highest BCUT2D eigenvalue weighted by Gasteiger charge is 2.41. The fraction of sp³-hybridized carbons (Fsp3) is 0.114. The summed E-state index contributed by atoms with van der Waals surface area (Å²) in [6, 6.07) is 39.8. The van der Waals surface area contributed by atoms with Gasteiger partial charge in [0.15, 0.2) is 5.54 Å². The third kappa shape index (κ3) is 3.97. The van der Waals surface area contributed by atoms with Crippen molar-refractivity contribution < 1.29 is 0 Å². The second-order valence-corrected chi connectivity index (χ2v) is 10.0. The van der Waals surface area contributed by atoms with Crippen molar-refractivity contribution in [3.8, 4) is 34.7 Å². The van der Waals surface area contributed by atoms with Crippen LogP contribution in [-0.2, 0) is 12.1 Å². The molecule has 0 N–H and O–H groups in total. The Morgan fingerprint density at radius 1 is 0.800 bits per heavy atom. The molecule has 1 aromatic heterocycles. The second kappa shape index (κ2) is 10.1. The van der Waals surface area contributed by atoms with Crippen LogP contribution in [0.15, 0.2) is 114 Å². The van der Waals surface area contributed by atoms with Gasteiger partial charge >= 0.3 is 5.69 Å². The van der Waals surface area contributed by atoms with Crippen LogP contribution in [0.2, 0.25) is 0 Å². The molecule has 5 aromatic rings. The molecule has 0 spiro atoms. The summed E-state index contributed by atoms with van der Waals surface area (Å²) in [5.41, 5.74) is 3.88. The third-order valence-electron chi connectivity index (χ3n) is 7.80. The van der Waals surface area contributed by atoms with Gasteiger partial charge in [-0.2, -0.15) is 10.5 Å². The first kappa shape index (κ1) is 24.9. The zero-order valence-electron chi connectivity index (χ0n) is 22.1. The van der Waals surface area contributed by atoms with E-state index in [1.54, 1.807) is 15.2 Å². The zero-order valence-corrected chi connectivity index (χ0v) is 22.1. The maximum Gasteiger partial charge on any atom is 0.331 e. The van der Waals surface area contributed by atoms with Crippen LogP contribution in [0.4, 0.5) is 0 Å². The normalized spacial score (nSPS) is 15.9. The molecule has 1 unspecified atom stereocenters. The Labute approximate surface area is 232 Å². The van der Waals surface area contributed by atoms with Crippen LogP contribution < -0.4 is 16.1 Å². The lowest BCUT2D eigenvalue weighted by Gasteiger charge is -2.32. The molecule has 4 aromatic carbocycles. The van der Waals surface area contributed by atoms with E-state index in [2.05, 4.69) is 18.2 Å². The van der Waals surface area contributed by atoms with E-state index in [0.717, 1.165) is 38.4 Å². The predicted molar refractivity (Wildman–Crippen MR) is 157 cm³/mol. The first-order chi connectivity index (χ1) is 19.6. The minimum Gasteiger partial charge on any atom is -0.287 e. The highest BCUT2D eigenvalue weighted by molar-refractivity contribution is 5.81. The molecule has 0 saturated heterocycles. The number of aromatic nitrogens is 2. The van der Waals surface area contributed by atoms with Gasteiger partial charge in [0, 0.05) is 17.5 Å². The standard InChI is InChI=1S/C35H26N4O/c1-25-31-18-9-8-13-28(31)19-20-35(25,24-37)39-33(30-16-6-3-7-17-30)32(29-14-4-2-5-15-29)38(34(39)40)23-27-12-10-11-26(21-27)22-36/h2-19,21H,20,23H2,1H3. The van der Waals surface area contributed by atoms with Crippen molar-refractivity contribution in [2.75, 3.05) is 0 Å². The van der Waals surface area contributed by atoms with Gasteiger partial charge in [-0.25, -0.2) is 4.79 Å². The Bertz CT molecular complexity index is 2000. The lowest BCUT2D eigenvalue weighted by molar-refractivity contribution is 0.481. The van der Waals surface area contributed by atoms with E-state index in [-0.39, 0.29) is 12.2 Å². The van der Waals surface area contributed by atoms with Crippen LogP contribution in [0.3, 0.4) is 0 Å². The number of rotatable bonds is 5. The first-order valence-electron chi connectivity index (χ1n) is 13.2. The molecule has 0 aliphatic heterocycles. The fourth-order valence-electron chi connectivity index (χ4n) is 5.81. The van der Waals surface area contributed by atoms with E-state index < -0.39 is 5.54 Å². The van der Waals surface area contributed by atoms with E-state index in [9.17, 15) is 15.3 Å². The first-order valence-corrected chi connectivity index (χ1v) is 13.2. The van der Waals surface area contributed by atoms with Crippen LogP contribution in [0.25, 0.3) is 34.2 Å². The molecule has 5 nitrogen and oxygen atoms in total. The summed E-state index contributed by atoms with van der Waals surface area (Å²) in [5, 5.41) is 22.4. The van der Waals surface area contributed by atoms with Crippen molar-refractivity contribution >= 4 is 11.6 Å². The van der Waals surface area contributed by atoms with Crippen molar-refractivity contribution in [2.24, 2.45) is 0 Å². The van der Waals surface area contributed by atoms with E-state index in [0.29, 0.717) is 17.7 Å². The molecule has 0 bridgehead atoms. The van der Waals surface area contributed by atoms with Crippen molar-refractivity contribution in [3.63, 3.8) is 0 Å². The molecule has 1 heterocycles. The fourth-order valence-corrected chi connectivity index (χ4v) is 5.81. The molecular formula is C35H26N4O. The van der Waals surface area contributed by atoms with Gasteiger partial charge in [0.2, 0.25) is 0 Å². The van der Waals surface area contributed by atoms with Gasteiger partial charge in [0.05, 0.1) is 35.6 Å². The van der Waals surface area contributed by atoms with Gasteiger partial charge in [-0.15, -0.1) is 0 Å². The SMILES string of the molecule is CC1=c2ccccc2=CCC1(C#N)n1c(-c2ccccc2)c(-c2ccccc2)n(Cc2cccc(C#N)c2)c1=O. The highest BCUT2D eigenvalue weighted by atomic mass is 16.2. The molecule has 0 fully saturated rings. The van der Waals surface area contributed by atoms with Gasteiger partial charge < -0.3 is 0 Å². The molecule has 0 saturated carbocycles. The van der Waals surface area contributed by atoms with Crippen molar-refractivity contribution in [2.45, 2.75) is 25.4 Å². The molecule has 0 amide bonds. The minimum atomic E-state index is -1.22. The van der Waals surface area contributed by atoms with E-state index in [1.165, 1.54) is 0 Å². The smallest absolute Gasteiger partial charge is 0.287 e. The summed E-state index contributed by atoms with van der Waals surface area (Å²) in [7, 11) is 0. The Hall–Kier alpha value is -5.39. The number of benzene rings is 4. The highest BCUT2D eigenvalue weighted by Crippen LogP contribution is 2.40. The summed E-state index contributed by atoms with van der Waals surface area (Å²) < 4.78 is 3.46. The third-order valence-corrected chi connectivity index (χ3v) is 7.80. The Kier molecular flexibility index (Phi) is 6.27. The maximum atomic E-state index is 14.7. The summed E-state index contributed by atoms with van der Waals surface area (Å²) in [5.74, 6) is 0. The van der Waals surface area contributed by atoms with Crippen LogP contribution in [-0.4, -0.2) is 9.13 Å². The average molecular weight is 519 g/mol. The van der Waals surface area contributed by atoms with Crippen LogP contribution >= 0.6 is 0 Å². The lowest BCUT2D eigenvalue weighted by atomic mass is 9.82. The molecule has 0 radical (unpaired) electrons. The number of hydrogen-bond acceptors (Lipinski definition) is 3. The van der Waals surface area contributed by atoms with Crippen molar-refractivity contribution in [1.82, 2.24) is 9.13 Å². The summed E-state index contributed by atoms with van der Waals surface area (Å²) >= 11 is 0. The molecule has 1 aliphatic carbocycles. The molecule has 1 aliphatic rings. The van der Waals surface area contributed by atoms with Crippen molar-refractivity contribution in [1.29, 1.82) is 10.5 Å². The van der Waals surface area contributed by atoms with Gasteiger partial charge in [0.25, 0.3) is 0 Å². The predicted octanol–water partition coefficient (Wildman–Crippen LogP) is 5.18. The van der Waals surface area contributed by atoms with Gasteiger partial charge in [-0.05, 0) is 40.6 Å². The van der Waals surface area contributed by atoms with E-state index >= 15 is 0 Å². The molecule has 192 valence electrons. The number of fused-ring (bicyclic) bond motifs is 1. The van der Waals surface area contributed by atoms with Crippen LogP contribution in [0.5, 0.6) is 0 Å². The Balaban J connectivity index is 1.74.